The first-order valence-electron chi connectivity index (χ1n) is 6.53. The van der Waals surface area contributed by atoms with Crippen LogP contribution in [0.15, 0.2) is 18.2 Å². The van der Waals surface area contributed by atoms with E-state index in [0.29, 0.717) is 6.42 Å². The lowest BCUT2D eigenvalue weighted by Crippen LogP contribution is -2.36. The molecule has 21 heavy (non-hydrogen) atoms. The number of urea groups is 1. The van der Waals surface area contributed by atoms with Gasteiger partial charge < -0.3 is 15.7 Å². The highest BCUT2D eigenvalue weighted by molar-refractivity contribution is 5.89. The summed E-state index contributed by atoms with van der Waals surface area (Å²) < 4.78 is 26.3. The van der Waals surface area contributed by atoms with E-state index in [0.717, 1.165) is 6.07 Å². The van der Waals surface area contributed by atoms with Crippen LogP contribution >= 0.6 is 0 Å². The number of rotatable bonds is 6. The highest BCUT2D eigenvalue weighted by atomic mass is 19.2. The summed E-state index contributed by atoms with van der Waals surface area (Å²) >= 11 is 0. The van der Waals surface area contributed by atoms with Crippen LogP contribution in [0.5, 0.6) is 0 Å². The average molecular weight is 300 g/mol. The zero-order chi connectivity index (χ0) is 16.0. The maximum Gasteiger partial charge on any atom is 0.319 e. The molecule has 0 spiro atoms. The van der Waals surface area contributed by atoms with Gasteiger partial charge in [0.05, 0.1) is 11.6 Å². The van der Waals surface area contributed by atoms with E-state index in [1.165, 1.54) is 12.1 Å². The molecule has 3 N–H and O–H groups in total. The number of carbonyl (C=O) groups is 2. The number of carboxylic acid groups (broad SMARTS) is 1. The zero-order valence-corrected chi connectivity index (χ0v) is 11.8. The number of amides is 2. The normalized spacial score (nSPS) is 12.0. The molecule has 1 unspecified atom stereocenters. The van der Waals surface area contributed by atoms with Crippen molar-refractivity contribution in [2.45, 2.75) is 20.3 Å². The second-order valence-corrected chi connectivity index (χ2v) is 5.10. The first-order chi connectivity index (χ1) is 9.81. The van der Waals surface area contributed by atoms with E-state index in [1.807, 2.05) is 13.8 Å². The number of carbonyl (C=O) groups excluding carboxylic acids is 1. The van der Waals surface area contributed by atoms with Crippen LogP contribution in [0.2, 0.25) is 0 Å². The Bertz CT molecular complexity index is 521. The second-order valence-electron chi connectivity index (χ2n) is 5.10. The van der Waals surface area contributed by atoms with E-state index in [-0.39, 0.29) is 18.2 Å². The maximum atomic E-state index is 13.3. The Kier molecular flexibility index (Phi) is 6.08. The number of hydrogen-bond acceptors (Lipinski definition) is 2. The number of anilines is 1. The summed E-state index contributed by atoms with van der Waals surface area (Å²) in [6.07, 6.45) is 0.407. The van der Waals surface area contributed by atoms with Crippen LogP contribution in [0.1, 0.15) is 20.3 Å². The third-order valence-electron chi connectivity index (χ3n) is 2.81. The Hall–Kier alpha value is -2.18. The highest BCUT2D eigenvalue weighted by Gasteiger charge is 2.20. The van der Waals surface area contributed by atoms with Crippen LogP contribution in [-0.2, 0) is 4.79 Å². The minimum atomic E-state index is -1.16. The van der Waals surface area contributed by atoms with Crippen LogP contribution in [-0.4, -0.2) is 23.7 Å². The van der Waals surface area contributed by atoms with Gasteiger partial charge in [0.15, 0.2) is 11.6 Å². The van der Waals surface area contributed by atoms with Crippen molar-refractivity contribution in [3.63, 3.8) is 0 Å². The van der Waals surface area contributed by atoms with Crippen LogP contribution in [0.4, 0.5) is 19.3 Å². The van der Waals surface area contributed by atoms with Gasteiger partial charge in [-0.2, -0.15) is 0 Å². The Balaban J connectivity index is 2.57. The van der Waals surface area contributed by atoms with Crippen molar-refractivity contribution >= 4 is 17.7 Å². The summed E-state index contributed by atoms with van der Waals surface area (Å²) in [4.78, 5) is 22.6. The Morgan fingerprint density at radius 3 is 2.52 bits per heavy atom. The summed E-state index contributed by atoms with van der Waals surface area (Å²) in [5.41, 5.74) is -0.303. The number of hydrogen-bond donors (Lipinski definition) is 3. The van der Waals surface area contributed by atoms with Crippen molar-refractivity contribution in [3.8, 4) is 0 Å². The predicted octanol–water partition coefficient (Wildman–Crippen LogP) is 2.83. The first-order valence-corrected chi connectivity index (χ1v) is 6.53. The summed E-state index contributed by atoms with van der Waals surface area (Å²) in [5, 5.41) is 13.5. The van der Waals surface area contributed by atoms with Gasteiger partial charge in [-0.05, 0) is 24.5 Å². The number of halogens is 2. The van der Waals surface area contributed by atoms with E-state index >= 15 is 0 Å². The van der Waals surface area contributed by atoms with Crippen molar-refractivity contribution in [1.82, 2.24) is 5.32 Å². The van der Waals surface area contributed by atoms with Gasteiger partial charge >= 0.3 is 12.0 Å². The molecule has 1 atom stereocenters. The van der Waals surface area contributed by atoms with Gasteiger partial charge in [-0.1, -0.05) is 19.9 Å². The molecule has 0 aromatic heterocycles. The van der Waals surface area contributed by atoms with Crippen LogP contribution in [0.3, 0.4) is 0 Å². The van der Waals surface area contributed by atoms with E-state index < -0.39 is 29.6 Å². The fraction of sp³-hybridized carbons (Fsp3) is 0.429. The fourth-order valence-electron chi connectivity index (χ4n) is 1.82. The van der Waals surface area contributed by atoms with Gasteiger partial charge in [0.2, 0.25) is 0 Å². The SMILES string of the molecule is CC(C)CC(CNC(=O)Nc1cccc(F)c1F)C(=O)O. The highest BCUT2D eigenvalue weighted by Crippen LogP contribution is 2.16. The molecule has 0 aliphatic carbocycles. The van der Waals surface area contributed by atoms with E-state index in [1.54, 1.807) is 0 Å². The number of aliphatic carboxylic acids is 1. The minimum absolute atomic E-state index is 0.0870. The topological polar surface area (TPSA) is 78.4 Å². The smallest absolute Gasteiger partial charge is 0.319 e. The Morgan fingerprint density at radius 2 is 1.95 bits per heavy atom. The maximum absolute atomic E-state index is 13.3. The molecule has 0 aliphatic heterocycles. The van der Waals surface area contributed by atoms with E-state index in [2.05, 4.69) is 10.6 Å². The molecule has 1 aromatic rings. The van der Waals surface area contributed by atoms with Crippen molar-refractivity contribution < 1.29 is 23.5 Å². The lowest BCUT2D eigenvalue weighted by Gasteiger charge is -2.16. The Labute approximate surface area is 121 Å². The summed E-state index contributed by atoms with van der Waals surface area (Å²) in [6.45, 7) is 3.66. The third-order valence-corrected chi connectivity index (χ3v) is 2.81. The van der Waals surface area contributed by atoms with Crippen molar-refractivity contribution in [1.29, 1.82) is 0 Å². The quantitative estimate of drug-likeness (QED) is 0.756. The molecule has 0 aliphatic rings. The van der Waals surface area contributed by atoms with Gasteiger partial charge in [0.1, 0.15) is 0 Å². The minimum Gasteiger partial charge on any atom is -0.481 e. The third kappa shape index (κ3) is 5.37. The standard InChI is InChI=1S/C14H18F2N2O3/c1-8(2)6-9(13(19)20)7-17-14(21)18-11-5-3-4-10(15)12(11)16/h3-5,8-9H,6-7H2,1-2H3,(H,19,20)(H2,17,18,21). The van der Waals surface area contributed by atoms with Gasteiger partial charge in [-0.15, -0.1) is 0 Å². The van der Waals surface area contributed by atoms with Gasteiger partial charge in [0, 0.05) is 6.54 Å². The molecule has 2 amide bonds. The molecular weight excluding hydrogens is 282 g/mol. The molecule has 0 bridgehead atoms. The fourth-order valence-corrected chi connectivity index (χ4v) is 1.82. The van der Waals surface area contributed by atoms with Gasteiger partial charge in [-0.25, -0.2) is 13.6 Å². The van der Waals surface area contributed by atoms with Crippen LogP contribution in [0.25, 0.3) is 0 Å². The van der Waals surface area contributed by atoms with Crippen molar-refractivity contribution in [3.05, 3.63) is 29.8 Å². The number of nitrogens with one attached hydrogen (secondary N) is 2. The molecule has 5 nitrogen and oxygen atoms in total. The monoisotopic (exact) mass is 300 g/mol. The molecule has 1 aromatic carbocycles. The molecule has 0 fully saturated rings. The predicted molar refractivity (Wildman–Crippen MR) is 74.0 cm³/mol. The lowest BCUT2D eigenvalue weighted by atomic mass is 9.97. The van der Waals surface area contributed by atoms with Gasteiger partial charge in [-0.3, -0.25) is 4.79 Å². The van der Waals surface area contributed by atoms with Crippen molar-refractivity contribution in [2.75, 3.05) is 11.9 Å². The molecular formula is C14H18F2N2O3. The largest absolute Gasteiger partial charge is 0.481 e. The molecule has 0 saturated carbocycles. The molecule has 116 valence electrons. The lowest BCUT2D eigenvalue weighted by molar-refractivity contribution is -0.142. The van der Waals surface area contributed by atoms with Gasteiger partial charge in [0.25, 0.3) is 0 Å². The molecule has 7 heteroatoms. The molecule has 0 saturated heterocycles. The second kappa shape index (κ2) is 7.56. The van der Waals surface area contributed by atoms with Crippen molar-refractivity contribution in [2.24, 2.45) is 11.8 Å². The van der Waals surface area contributed by atoms with Crippen LogP contribution in [0, 0.1) is 23.5 Å². The van der Waals surface area contributed by atoms with E-state index in [4.69, 9.17) is 5.11 Å². The summed E-state index contributed by atoms with van der Waals surface area (Å²) in [5.74, 6) is -3.81. The molecule has 1 rings (SSSR count). The Morgan fingerprint density at radius 1 is 1.29 bits per heavy atom. The first kappa shape index (κ1) is 16.9. The number of carboxylic acids is 1. The summed E-state index contributed by atoms with van der Waals surface area (Å²) in [6, 6.07) is 2.62. The number of benzene rings is 1. The van der Waals surface area contributed by atoms with E-state index in [9.17, 15) is 18.4 Å². The summed E-state index contributed by atoms with van der Waals surface area (Å²) in [7, 11) is 0. The zero-order valence-electron chi connectivity index (χ0n) is 11.8. The molecule has 0 heterocycles. The average Bonchev–Trinajstić information content (AvgIpc) is 2.39. The van der Waals surface area contributed by atoms with Crippen LogP contribution < -0.4 is 10.6 Å². The molecule has 0 radical (unpaired) electrons.